The molecule has 1 saturated heterocycles. The summed E-state index contributed by atoms with van der Waals surface area (Å²) in [5.74, 6) is 3.39. The molecule has 2 aromatic carbocycles. The van der Waals surface area contributed by atoms with Crippen LogP contribution in [-0.4, -0.2) is 56.2 Å². The van der Waals surface area contributed by atoms with Crippen LogP contribution in [-0.2, 0) is 4.74 Å². The van der Waals surface area contributed by atoms with Crippen molar-refractivity contribution < 1.29 is 37.8 Å². The molecule has 3 aliphatic rings. The summed E-state index contributed by atoms with van der Waals surface area (Å²) in [6.07, 6.45) is 0.679. The maximum atomic E-state index is 11.0. The first kappa shape index (κ1) is 24.0. The molecule has 2 unspecified atom stereocenters. The summed E-state index contributed by atoms with van der Waals surface area (Å²) in [4.78, 5) is 20.6. The number of benzene rings is 2. The van der Waals surface area contributed by atoms with Crippen LogP contribution < -0.4 is 18.9 Å². The minimum Gasteiger partial charge on any atom is -0.497 e. The van der Waals surface area contributed by atoms with Crippen molar-refractivity contribution in [1.82, 2.24) is 5.01 Å². The van der Waals surface area contributed by atoms with Gasteiger partial charge >= 0.3 is 12.0 Å². The predicted molar refractivity (Wildman–Crippen MR) is 129 cm³/mol. The van der Waals surface area contributed by atoms with Gasteiger partial charge in [0.05, 0.1) is 45.6 Å². The van der Waals surface area contributed by atoms with Gasteiger partial charge in [-0.2, -0.15) is 10.1 Å². The molecular formula is C25H23N3O9. The van der Waals surface area contributed by atoms with E-state index in [0.29, 0.717) is 13.2 Å². The van der Waals surface area contributed by atoms with Crippen molar-refractivity contribution in [3.63, 3.8) is 0 Å². The Hall–Kier alpha value is -4.74. The minimum absolute atomic E-state index is 0.00163. The standard InChI is InChI=1S/C17H16O4.C8H7N3O5/c1-18-10-4-6-13-15(7-10)20-9-14-12-5-3-11(19-2)8-16(12)21-17(13)14;12-8-10(3-4-15-8)9-5-6-1-2-7(16-6)11(13)14/h3-8,14,17H,9H2,1-2H3;1-2,5H,3-4H2. The molecule has 192 valence electrons. The Bertz CT molecular complexity index is 1350. The summed E-state index contributed by atoms with van der Waals surface area (Å²) in [5.41, 5.74) is 2.25. The quantitative estimate of drug-likeness (QED) is 0.280. The van der Waals surface area contributed by atoms with E-state index < -0.39 is 11.0 Å². The molecule has 4 heterocycles. The van der Waals surface area contributed by atoms with Gasteiger partial charge in [0.15, 0.2) is 5.76 Å². The van der Waals surface area contributed by atoms with Crippen molar-refractivity contribution in [3.05, 3.63) is 75.5 Å². The molecular weight excluding hydrogens is 486 g/mol. The number of hydrogen-bond acceptors (Lipinski definition) is 10. The predicted octanol–water partition coefficient (Wildman–Crippen LogP) is 4.29. The average molecular weight is 509 g/mol. The molecule has 0 spiro atoms. The van der Waals surface area contributed by atoms with Crippen LogP contribution in [0.4, 0.5) is 10.7 Å². The van der Waals surface area contributed by atoms with E-state index >= 15 is 0 Å². The Morgan fingerprint density at radius 1 is 1.03 bits per heavy atom. The number of rotatable bonds is 5. The molecule has 0 aliphatic carbocycles. The second kappa shape index (κ2) is 10.1. The van der Waals surface area contributed by atoms with Crippen LogP contribution in [0.3, 0.4) is 0 Å². The van der Waals surface area contributed by atoms with E-state index in [-0.39, 0.29) is 30.3 Å². The number of nitro groups is 1. The zero-order chi connectivity index (χ0) is 25.9. The monoisotopic (exact) mass is 509 g/mol. The van der Waals surface area contributed by atoms with Gasteiger partial charge in [-0.1, -0.05) is 6.07 Å². The summed E-state index contributed by atoms with van der Waals surface area (Å²) in [5, 5.41) is 15.2. The fourth-order valence-electron chi connectivity index (χ4n) is 4.20. The van der Waals surface area contributed by atoms with E-state index in [0.717, 1.165) is 33.6 Å². The van der Waals surface area contributed by atoms with Crippen molar-refractivity contribution in [3.8, 4) is 23.0 Å². The first-order valence-corrected chi connectivity index (χ1v) is 11.3. The van der Waals surface area contributed by atoms with Crippen LogP contribution in [0.15, 0.2) is 58.0 Å². The van der Waals surface area contributed by atoms with Gasteiger partial charge in [0.25, 0.3) is 0 Å². The Morgan fingerprint density at radius 3 is 2.41 bits per heavy atom. The number of cyclic esters (lactones) is 1. The van der Waals surface area contributed by atoms with Crippen LogP contribution in [0, 0.1) is 10.1 Å². The van der Waals surface area contributed by atoms with Gasteiger partial charge in [0.1, 0.15) is 40.6 Å². The molecule has 6 rings (SSSR count). The number of amides is 1. The number of ether oxygens (including phenoxy) is 5. The third-order valence-corrected chi connectivity index (χ3v) is 6.04. The Balaban J connectivity index is 0.000000158. The molecule has 12 nitrogen and oxygen atoms in total. The molecule has 0 saturated carbocycles. The first-order chi connectivity index (χ1) is 18.0. The molecule has 3 aromatic rings. The normalized spacial score (nSPS) is 19.0. The van der Waals surface area contributed by atoms with Gasteiger partial charge in [-0.05, 0) is 24.3 Å². The van der Waals surface area contributed by atoms with E-state index in [9.17, 15) is 14.9 Å². The van der Waals surface area contributed by atoms with Crippen molar-refractivity contribution in [2.45, 2.75) is 12.0 Å². The van der Waals surface area contributed by atoms with E-state index in [1.54, 1.807) is 14.2 Å². The van der Waals surface area contributed by atoms with Crippen molar-refractivity contribution in [1.29, 1.82) is 0 Å². The van der Waals surface area contributed by atoms with Crippen LogP contribution in [0.2, 0.25) is 0 Å². The van der Waals surface area contributed by atoms with Crippen LogP contribution in [0.25, 0.3) is 0 Å². The lowest BCUT2D eigenvalue weighted by Gasteiger charge is -2.28. The second-order valence-corrected chi connectivity index (χ2v) is 8.18. The van der Waals surface area contributed by atoms with E-state index in [4.69, 9.17) is 23.4 Å². The van der Waals surface area contributed by atoms with Gasteiger partial charge < -0.3 is 28.1 Å². The average Bonchev–Trinajstić information content (AvgIpc) is 3.65. The lowest BCUT2D eigenvalue weighted by atomic mass is 9.89. The molecule has 0 bridgehead atoms. The zero-order valence-electron chi connectivity index (χ0n) is 20.0. The number of carbonyl (C=O) groups is 1. The number of nitrogens with zero attached hydrogens (tertiary/aromatic N) is 3. The highest BCUT2D eigenvalue weighted by molar-refractivity contribution is 5.78. The number of hydrogen-bond donors (Lipinski definition) is 0. The van der Waals surface area contributed by atoms with E-state index in [2.05, 4.69) is 15.9 Å². The number of fused-ring (bicyclic) bond motifs is 5. The smallest absolute Gasteiger partial charge is 0.433 e. The Labute approximate surface area is 211 Å². The first-order valence-electron chi connectivity index (χ1n) is 11.3. The highest BCUT2D eigenvalue weighted by Gasteiger charge is 2.40. The number of hydrazone groups is 1. The number of carbonyl (C=O) groups excluding carboxylic acids is 1. The van der Waals surface area contributed by atoms with Crippen LogP contribution >= 0.6 is 0 Å². The summed E-state index contributed by atoms with van der Waals surface area (Å²) in [6.45, 7) is 1.26. The van der Waals surface area contributed by atoms with Crippen molar-refractivity contribution >= 4 is 18.2 Å². The largest absolute Gasteiger partial charge is 0.497 e. The van der Waals surface area contributed by atoms with E-state index in [1.165, 1.54) is 23.9 Å². The molecule has 37 heavy (non-hydrogen) atoms. The van der Waals surface area contributed by atoms with Gasteiger partial charge in [-0.15, -0.1) is 0 Å². The maximum absolute atomic E-state index is 11.0. The third-order valence-electron chi connectivity index (χ3n) is 6.04. The summed E-state index contributed by atoms with van der Waals surface area (Å²) in [6, 6.07) is 14.5. The topological polar surface area (TPSA) is 135 Å². The molecule has 1 aromatic heterocycles. The molecule has 2 atom stereocenters. The van der Waals surface area contributed by atoms with Gasteiger partial charge in [0, 0.05) is 23.3 Å². The maximum Gasteiger partial charge on any atom is 0.433 e. The van der Waals surface area contributed by atoms with Crippen LogP contribution in [0.5, 0.6) is 23.0 Å². The zero-order valence-corrected chi connectivity index (χ0v) is 20.0. The van der Waals surface area contributed by atoms with Gasteiger partial charge in [0.2, 0.25) is 0 Å². The summed E-state index contributed by atoms with van der Waals surface area (Å²) < 4.78 is 32.0. The fraction of sp³-hybridized carbons (Fsp3) is 0.280. The summed E-state index contributed by atoms with van der Waals surface area (Å²) >= 11 is 0. The molecule has 12 heteroatoms. The van der Waals surface area contributed by atoms with Gasteiger partial charge in [-0.25, -0.2) is 4.79 Å². The number of methoxy groups -OCH3 is 2. The van der Waals surface area contributed by atoms with E-state index in [1.807, 2.05) is 30.3 Å². The van der Waals surface area contributed by atoms with Gasteiger partial charge in [-0.3, -0.25) is 10.1 Å². The van der Waals surface area contributed by atoms with Crippen LogP contribution in [0.1, 0.15) is 28.9 Å². The lowest BCUT2D eigenvalue weighted by Crippen LogP contribution is -2.23. The highest BCUT2D eigenvalue weighted by Crippen LogP contribution is 2.52. The molecule has 0 radical (unpaired) electrons. The molecule has 0 N–H and O–H groups in total. The lowest BCUT2D eigenvalue weighted by molar-refractivity contribution is -0.402. The van der Waals surface area contributed by atoms with Crippen molar-refractivity contribution in [2.24, 2.45) is 5.10 Å². The Morgan fingerprint density at radius 2 is 1.76 bits per heavy atom. The second-order valence-electron chi connectivity index (χ2n) is 8.18. The molecule has 3 aliphatic heterocycles. The highest BCUT2D eigenvalue weighted by atomic mass is 16.6. The Kier molecular flexibility index (Phi) is 6.54. The van der Waals surface area contributed by atoms with Crippen molar-refractivity contribution in [2.75, 3.05) is 34.0 Å². The SMILES string of the molecule is COc1ccc2c(c1)OC1c3ccc(OC)cc3OCC21.O=C1OCCN1N=Cc1ccc([N+](=O)[O-])o1. The summed E-state index contributed by atoms with van der Waals surface area (Å²) in [7, 11) is 3.32. The third kappa shape index (κ3) is 4.85. The minimum atomic E-state index is -0.651. The molecule has 1 amide bonds. The fourth-order valence-corrected chi connectivity index (χ4v) is 4.20. The number of furan rings is 1. The molecule has 1 fully saturated rings.